The number of hydrogen-bond acceptors (Lipinski definition) is 3. The molecule has 1 heterocycles. The van der Waals surface area contributed by atoms with Crippen molar-refractivity contribution >= 4 is 12.1 Å². The van der Waals surface area contributed by atoms with Crippen molar-refractivity contribution < 1.29 is 0 Å². The Bertz CT molecular complexity index is 24.3. The minimum absolute atomic E-state index is 1.15. The van der Waals surface area contributed by atoms with Crippen LogP contribution in [0.3, 0.4) is 0 Å². The average molecular weight is 104 g/mol. The first-order chi connectivity index (χ1) is 3.00. The van der Waals surface area contributed by atoms with Crippen LogP contribution in [0.25, 0.3) is 0 Å². The van der Waals surface area contributed by atoms with Gasteiger partial charge in [-0.05, 0) is 6.42 Å². The van der Waals surface area contributed by atoms with Gasteiger partial charge in [-0.3, -0.25) is 9.44 Å². The monoisotopic (exact) mass is 104 g/mol. The average Bonchev–Trinajstić information content (AvgIpc) is 1.72. The van der Waals surface area contributed by atoms with E-state index in [1.807, 2.05) is 0 Å². The van der Waals surface area contributed by atoms with Crippen LogP contribution in [-0.2, 0) is 0 Å². The Morgan fingerprint density at radius 2 is 1.83 bits per heavy atom. The summed E-state index contributed by atoms with van der Waals surface area (Å²) >= 11 is 1.59. The first-order valence-corrected chi connectivity index (χ1v) is 2.93. The van der Waals surface area contributed by atoms with Crippen LogP contribution in [0.5, 0.6) is 0 Å². The van der Waals surface area contributed by atoms with Crippen molar-refractivity contribution in [3.8, 4) is 0 Å². The molecule has 0 aromatic rings. The minimum Gasteiger partial charge on any atom is -0.251 e. The molecule has 1 aliphatic rings. The lowest BCUT2D eigenvalue weighted by atomic mass is 10.4. The summed E-state index contributed by atoms with van der Waals surface area (Å²) in [5.41, 5.74) is 0. The zero-order chi connectivity index (χ0) is 4.24. The fourth-order valence-electron chi connectivity index (χ4n) is 0.386. The van der Waals surface area contributed by atoms with Gasteiger partial charge in [0.25, 0.3) is 0 Å². The Balaban J connectivity index is 2.00. The van der Waals surface area contributed by atoms with E-state index in [4.69, 9.17) is 0 Å². The third-order valence-electron chi connectivity index (χ3n) is 0.702. The van der Waals surface area contributed by atoms with Crippen LogP contribution in [0.1, 0.15) is 6.42 Å². The molecule has 36 valence electrons. The predicted octanol–water partition coefficient (Wildman–Crippen LogP) is 0.132. The Morgan fingerprint density at radius 3 is 2.00 bits per heavy atom. The van der Waals surface area contributed by atoms with Gasteiger partial charge < -0.3 is 0 Å². The van der Waals surface area contributed by atoms with Crippen molar-refractivity contribution in [3.05, 3.63) is 0 Å². The van der Waals surface area contributed by atoms with Crippen molar-refractivity contribution in [2.45, 2.75) is 6.42 Å². The van der Waals surface area contributed by atoms with Crippen molar-refractivity contribution in [1.29, 1.82) is 0 Å². The van der Waals surface area contributed by atoms with Crippen molar-refractivity contribution in [2.75, 3.05) is 13.1 Å². The highest BCUT2D eigenvalue weighted by molar-refractivity contribution is 7.95. The summed E-state index contributed by atoms with van der Waals surface area (Å²) in [6.07, 6.45) is 1.26. The first-order valence-electron chi connectivity index (χ1n) is 2.12. The van der Waals surface area contributed by atoms with Gasteiger partial charge in [0.15, 0.2) is 0 Å². The lowest BCUT2D eigenvalue weighted by Crippen LogP contribution is -2.24. The molecule has 1 saturated heterocycles. The molecule has 0 radical (unpaired) electrons. The number of hydrogen-bond donors (Lipinski definition) is 2. The number of rotatable bonds is 0. The van der Waals surface area contributed by atoms with E-state index in [1.165, 1.54) is 6.42 Å². The fraction of sp³-hybridized carbons (Fsp3) is 1.00. The van der Waals surface area contributed by atoms with E-state index < -0.39 is 0 Å². The van der Waals surface area contributed by atoms with Gasteiger partial charge in [0.2, 0.25) is 0 Å². The molecule has 0 amide bonds. The van der Waals surface area contributed by atoms with E-state index in [0.717, 1.165) is 13.1 Å². The Labute approximate surface area is 42.0 Å². The highest BCUT2D eigenvalue weighted by Crippen LogP contribution is 1.91. The second kappa shape index (κ2) is 2.44. The van der Waals surface area contributed by atoms with Crippen molar-refractivity contribution in [2.24, 2.45) is 0 Å². The molecule has 3 heteroatoms. The molecule has 1 fully saturated rings. The van der Waals surface area contributed by atoms with Crippen LogP contribution in [0.2, 0.25) is 0 Å². The quantitative estimate of drug-likeness (QED) is 0.427. The molecule has 0 aromatic heterocycles. The van der Waals surface area contributed by atoms with Gasteiger partial charge in [-0.15, -0.1) is 0 Å². The van der Waals surface area contributed by atoms with E-state index in [2.05, 4.69) is 9.44 Å². The molecule has 0 unspecified atom stereocenters. The predicted molar refractivity (Wildman–Crippen MR) is 28.2 cm³/mol. The maximum atomic E-state index is 3.09. The van der Waals surface area contributed by atoms with Gasteiger partial charge in [0, 0.05) is 25.2 Å². The highest BCUT2D eigenvalue weighted by atomic mass is 32.2. The molecule has 2 N–H and O–H groups in total. The third-order valence-corrected chi connectivity index (χ3v) is 1.40. The van der Waals surface area contributed by atoms with E-state index in [0.29, 0.717) is 0 Å². The van der Waals surface area contributed by atoms with Crippen molar-refractivity contribution in [3.63, 3.8) is 0 Å². The lowest BCUT2D eigenvalue weighted by Gasteiger charge is -2.09. The molecule has 0 aliphatic carbocycles. The lowest BCUT2D eigenvalue weighted by molar-refractivity contribution is 0.742. The molecular formula is C3H8N2S. The van der Waals surface area contributed by atoms with Crippen LogP contribution in [0, 0.1) is 0 Å². The van der Waals surface area contributed by atoms with Crippen molar-refractivity contribution in [1.82, 2.24) is 9.44 Å². The topological polar surface area (TPSA) is 24.1 Å². The normalized spacial score (nSPS) is 24.0. The van der Waals surface area contributed by atoms with Gasteiger partial charge in [-0.2, -0.15) is 0 Å². The van der Waals surface area contributed by atoms with Crippen LogP contribution < -0.4 is 9.44 Å². The summed E-state index contributed by atoms with van der Waals surface area (Å²) in [6, 6.07) is 0. The zero-order valence-electron chi connectivity index (χ0n) is 3.53. The summed E-state index contributed by atoms with van der Waals surface area (Å²) < 4.78 is 6.18. The van der Waals surface area contributed by atoms with Gasteiger partial charge in [0.05, 0.1) is 0 Å². The highest BCUT2D eigenvalue weighted by Gasteiger charge is 1.92. The van der Waals surface area contributed by atoms with E-state index >= 15 is 0 Å². The molecular weight excluding hydrogens is 96.1 g/mol. The standard InChI is InChI=1S/C3H8N2S/c1-2-4-6-5-3-1/h4-5H,1-3H2. The second-order valence-corrected chi connectivity index (χ2v) is 2.03. The SMILES string of the molecule is C1CNSNC1. The zero-order valence-corrected chi connectivity index (χ0v) is 4.35. The molecule has 1 aliphatic heterocycles. The summed E-state index contributed by atoms with van der Waals surface area (Å²) in [7, 11) is 0. The molecule has 0 aromatic carbocycles. The van der Waals surface area contributed by atoms with Gasteiger partial charge >= 0.3 is 0 Å². The smallest absolute Gasteiger partial charge is 0.00829 e. The maximum absolute atomic E-state index is 3.09. The van der Waals surface area contributed by atoms with Gasteiger partial charge in [0.1, 0.15) is 0 Å². The maximum Gasteiger partial charge on any atom is 0.00829 e. The van der Waals surface area contributed by atoms with E-state index in [-0.39, 0.29) is 0 Å². The largest absolute Gasteiger partial charge is 0.251 e. The molecule has 0 bridgehead atoms. The molecule has 1 rings (SSSR count). The number of nitrogens with one attached hydrogen (secondary N) is 2. The van der Waals surface area contributed by atoms with Crippen LogP contribution in [0.4, 0.5) is 0 Å². The summed E-state index contributed by atoms with van der Waals surface area (Å²) in [4.78, 5) is 0. The van der Waals surface area contributed by atoms with Crippen LogP contribution >= 0.6 is 12.1 Å². The third kappa shape index (κ3) is 1.16. The summed E-state index contributed by atoms with van der Waals surface area (Å²) in [5, 5.41) is 0. The molecule has 0 atom stereocenters. The second-order valence-electron chi connectivity index (χ2n) is 1.24. The van der Waals surface area contributed by atoms with E-state index in [9.17, 15) is 0 Å². The molecule has 0 spiro atoms. The van der Waals surface area contributed by atoms with Crippen LogP contribution in [-0.4, -0.2) is 13.1 Å². The Morgan fingerprint density at radius 1 is 1.17 bits per heavy atom. The van der Waals surface area contributed by atoms with Gasteiger partial charge in [-0.25, -0.2) is 0 Å². The van der Waals surface area contributed by atoms with E-state index in [1.54, 1.807) is 12.1 Å². The Kier molecular flexibility index (Phi) is 1.80. The summed E-state index contributed by atoms with van der Waals surface area (Å²) in [6.45, 7) is 2.30. The fourth-order valence-corrected chi connectivity index (χ4v) is 0.981. The summed E-state index contributed by atoms with van der Waals surface area (Å²) in [5.74, 6) is 0. The first kappa shape index (κ1) is 4.43. The van der Waals surface area contributed by atoms with Crippen LogP contribution in [0.15, 0.2) is 0 Å². The molecule has 0 saturated carbocycles. The molecule has 2 nitrogen and oxygen atoms in total. The molecule has 6 heavy (non-hydrogen) atoms. The van der Waals surface area contributed by atoms with Gasteiger partial charge in [-0.1, -0.05) is 0 Å². The minimum atomic E-state index is 1.15. The Hall–Kier alpha value is 0.270.